The first kappa shape index (κ1) is 36.6. The van der Waals surface area contributed by atoms with Gasteiger partial charge in [-0.3, -0.25) is 0 Å². The number of esters is 2. The van der Waals surface area contributed by atoms with Crippen LogP contribution in [-0.2, 0) is 16.5 Å². The summed E-state index contributed by atoms with van der Waals surface area (Å²) in [6.07, 6.45) is 36.3. The van der Waals surface area contributed by atoms with E-state index in [-0.39, 0.29) is 11.9 Å². The minimum atomic E-state index is -0.384. The second-order valence-electron chi connectivity index (χ2n) is 11.2. The molecule has 0 unspecified atom stereocenters. The molecule has 1 rings (SSSR count). The Kier molecular flexibility index (Phi) is 23.6. The van der Waals surface area contributed by atoms with E-state index in [0.717, 1.165) is 38.5 Å². The number of hydrogen-bond acceptors (Lipinski definition) is 4. The largest absolute Gasteiger partial charge is 0.462 e. The van der Waals surface area contributed by atoms with Gasteiger partial charge in [0.2, 0.25) is 0 Å². The minimum Gasteiger partial charge on any atom is -0.462 e. The van der Waals surface area contributed by atoms with Gasteiger partial charge in [-0.25, -0.2) is 14.2 Å². The molecule has 0 saturated carbocycles. The van der Waals surface area contributed by atoms with Crippen molar-refractivity contribution in [2.75, 3.05) is 13.2 Å². The molecule has 0 bridgehead atoms. The van der Waals surface area contributed by atoms with Crippen molar-refractivity contribution in [1.82, 2.24) is 0 Å². The monoisotopic (exact) mass is 570 g/mol. The van der Waals surface area contributed by atoms with Crippen LogP contribution >= 0.6 is 0 Å². The lowest BCUT2D eigenvalue weighted by atomic mass is 10.1. The van der Waals surface area contributed by atoms with E-state index in [9.17, 15) is 9.59 Å². The SMILES string of the molecule is CC/C=C/CCCCCCCCCCOC(=O)c1cc(C(=O)OCCCCCCCCCC/C=C/CC)c[n+](C)c1. The van der Waals surface area contributed by atoms with Gasteiger partial charge in [0.15, 0.2) is 12.4 Å². The molecule has 1 aromatic rings. The van der Waals surface area contributed by atoms with Crippen LogP contribution in [0.3, 0.4) is 0 Å². The first-order valence-electron chi connectivity index (χ1n) is 16.7. The smallest absolute Gasteiger partial charge is 0.344 e. The molecule has 0 aliphatic carbocycles. The van der Waals surface area contributed by atoms with Gasteiger partial charge < -0.3 is 9.47 Å². The number of aryl methyl sites for hydroxylation is 1. The van der Waals surface area contributed by atoms with Gasteiger partial charge in [-0.05, 0) is 57.4 Å². The van der Waals surface area contributed by atoms with Crippen molar-refractivity contribution < 1.29 is 23.6 Å². The highest BCUT2D eigenvalue weighted by Crippen LogP contribution is 2.13. The van der Waals surface area contributed by atoms with Crippen LogP contribution in [0.25, 0.3) is 0 Å². The summed E-state index contributed by atoms with van der Waals surface area (Å²) in [5, 5.41) is 0. The number of pyridine rings is 1. The van der Waals surface area contributed by atoms with E-state index in [1.54, 1.807) is 30.1 Å². The quantitative estimate of drug-likeness (QED) is 0.0481. The highest BCUT2D eigenvalue weighted by molar-refractivity contribution is 5.94. The van der Waals surface area contributed by atoms with Crippen LogP contribution in [0.5, 0.6) is 0 Å². The van der Waals surface area contributed by atoms with Crippen LogP contribution in [-0.4, -0.2) is 25.2 Å². The predicted octanol–water partition coefficient (Wildman–Crippen LogP) is 9.78. The number of hydrogen-bond donors (Lipinski definition) is 0. The summed E-state index contributed by atoms with van der Waals surface area (Å²) in [7, 11) is 1.80. The van der Waals surface area contributed by atoms with E-state index in [4.69, 9.17) is 9.47 Å². The predicted molar refractivity (Wildman–Crippen MR) is 170 cm³/mol. The Balaban J connectivity index is 2.13. The molecule has 0 atom stereocenters. The maximum Gasteiger partial charge on any atom is 0.344 e. The summed E-state index contributed by atoms with van der Waals surface area (Å²) in [6, 6.07) is 1.58. The van der Waals surface area contributed by atoms with E-state index >= 15 is 0 Å². The van der Waals surface area contributed by atoms with Gasteiger partial charge in [0, 0.05) is 0 Å². The summed E-state index contributed by atoms with van der Waals surface area (Å²) in [4.78, 5) is 25.1. The third-order valence-corrected chi connectivity index (χ3v) is 7.27. The Bertz CT molecular complexity index is 795. The lowest BCUT2D eigenvalue weighted by Gasteiger charge is -2.07. The van der Waals surface area contributed by atoms with Gasteiger partial charge in [-0.2, -0.15) is 0 Å². The number of aromatic nitrogens is 1. The van der Waals surface area contributed by atoms with E-state index in [1.165, 1.54) is 89.9 Å². The Morgan fingerprint density at radius 3 is 1.27 bits per heavy atom. The summed E-state index contributed by atoms with van der Waals surface area (Å²) >= 11 is 0. The molecule has 0 saturated heterocycles. The molecule has 0 amide bonds. The lowest BCUT2D eigenvalue weighted by Crippen LogP contribution is -2.31. The third kappa shape index (κ3) is 21.0. The fourth-order valence-corrected chi connectivity index (χ4v) is 4.86. The molecule has 0 aliphatic heterocycles. The highest BCUT2D eigenvalue weighted by Gasteiger charge is 2.18. The van der Waals surface area contributed by atoms with E-state index in [0.29, 0.717) is 24.3 Å². The zero-order valence-electron chi connectivity index (χ0n) is 26.7. The average molecular weight is 571 g/mol. The van der Waals surface area contributed by atoms with Crippen LogP contribution < -0.4 is 4.57 Å². The van der Waals surface area contributed by atoms with E-state index < -0.39 is 0 Å². The molecular formula is C36H60NO4+. The maximum absolute atomic E-state index is 12.6. The topological polar surface area (TPSA) is 56.5 Å². The van der Waals surface area contributed by atoms with Crippen LogP contribution in [0.2, 0.25) is 0 Å². The molecular weight excluding hydrogens is 510 g/mol. The first-order chi connectivity index (χ1) is 20.1. The minimum absolute atomic E-state index is 0.384. The standard InChI is InChI=1S/C36H60NO4/c1-4-6-8-10-12-14-16-18-20-22-24-26-28-40-35(38)33-30-34(32-37(3)31-33)36(39)41-29-27-25-23-21-19-17-15-13-11-9-7-5-2/h6-9,30-32H,4-5,10-29H2,1-3H3/q+1/b8-6+,9-7+. The molecule has 232 valence electrons. The Labute approximate surface area is 251 Å². The van der Waals surface area contributed by atoms with Gasteiger partial charge in [-0.15, -0.1) is 0 Å². The van der Waals surface area contributed by atoms with Crippen LogP contribution in [0.1, 0.15) is 163 Å². The molecule has 41 heavy (non-hydrogen) atoms. The molecule has 0 fully saturated rings. The van der Waals surface area contributed by atoms with Crippen LogP contribution in [0.4, 0.5) is 0 Å². The van der Waals surface area contributed by atoms with Crippen molar-refractivity contribution in [3.63, 3.8) is 0 Å². The molecule has 0 aromatic carbocycles. The molecule has 1 heterocycles. The zero-order chi connectivity index (χ0) is 29.8. The van der Waals surface area contributed by atoms with Crippen molar-refractivity contribution in [2.24, 2.45) is 7.05 Å². The molecule has 0 aliphatic rings. The zero-order valence-corrected chi connectivity index (χ0v) is 26.7. The normalized spacial score (nSPS) is 11.5. The summed E-state index contributed by atoms with van der Waals surface area (Å²) in [6.45, 7) is 5.18. The van der Waals surface area contributed by atoms with Crippen molar-refractivity contribution in [1.29, 1.82) is 0 Å². The molecule has 1 aromatic heterocycles. The molecule has 5 heteroatoms. The van der Waals surface area contributed by atoms with Crippen molar-refractivity contribution >= 4 is 11.9 Å². The molecule has 0 N–H and O–H groups in total. The number of carbonyl (C=O) groups is 2. The summed E-state index contributed by atoms with van der Waals surface area (Å²) < 4.78 is 12.7. The molecule has 0 radical (unpaired) electrons. The molecule has 5 nitrogen and oxygen atoms in total. The number of rotatable bonds is 26. The van der Waals surface area contributed by atoms with Crippen LogP contribution in [0, 0.1) is 0 Å². The van der Waals surface area contributed by atoms with Crippen molar-refractivity contribution in [3.8, 4) is 0 Å². The second-order valence-corrected chi connectivity index (χ2v) is 11.2. The number of nitrogens with zero attached hydrogens (tertiary/aromatic N) is 1. The first-order valence-corrected chi connectivity index (χ1v) is 16.7. The van der Waals surface area contributed by atoms with Crippen molar-refractivity contribution in [3.05, 3.63) is 53.9 Å². The van der Waals surface area contributed by atoms with Crippen molar-refractivity contribution in [2.45, 2.75) is 142 Å². The number of ether oxygens (including phenoxy) is 2. The third-order valence-electron chi connectivity index (χ3n) is 7.27. The van der Waals surface area contributed by atoms with E-state index in [1.807, 2.05) is 0 Å². The maximum atomic E-state index is 12.6. The number of carbonyl (C=O) groups excluding carboxylic acids is 2. The van der Waals surface area contributed by atoms with Crippen LogP contribution in [0.15, 0.2) is 42.8 Å². The van der Waals surface area contributed by atoms with Gasteiger partial charge in [0.25, 0.3) is 0 Å². The highest BCUT2D eigenvalue weighted by atomic mass is 16.5. The number of unbranched alkanes of at least 4 members (excludes halogenated alkanes) is 16. The number of allylic oxidation sites excluding steroid dienone is 4. The average Bonchev–Trinajstić information content (AvgIpc) is 2.97. The Hall–Kier alpha value is -2.43. The van der Waals surface area contributed by atoms with Gasteiger partial charge >= 0.3 is 11.9 Å². The van der Waals surface area contributed by atoms with Gasteiger partial charge in [0.1, 0.15) is 18.2 Å². The lowest BCUT2D eigenvalue weighted by molar-refractivity contribution is -0.671. The summed E-state index contributed by atoms with van der Waals surface area (Å²) in [5.74, 6) is -0.769. The second kappa shape index (κ2) is 26.5. The fourth-order valence-electron chi connectivity index (χ4n) is 4.86. The van der Waals surface area contributed by atoms with Gasteiger partial charge in [-0.1, -0.05) is 115 Å². The van der Waals surface area contributed by atoms with E-state index in [2.05, 4.69) is 38.2 Å². The van der Waals surface area contributed by atoms with Gasteiger partial charge in [0.05, 0.1) is 13.2 Å². The Morgan fingerprint density at radius 2 is 0.902 bits per heavy atom. The fraction of sp³-hybridized carbons (Fsp3) is 0.694. The summed E-state index contributed by atoms with van der Waals surface area (Å²) in [5.41, 5.74) is 0.772. The Morgan fingerprint density at radius 1 is 0.561 bits per heavy atom. The molecule has 0 spiro atoms.